The van der Waals surface area contributed by atoms with E-state index in [1.54, 1.807) is 18.2 Å². The molecule has 4 unspecified atom stereocenters. The number of carbonyl (C=O) groups is 3. The molecule has 3 fully saturated rings. The monoisotopic (exact) mass is 641 g/mol. The molecule has 0 saturated carbocycles. The second kappa shape index (κ2) is 15.7. The largest absolute Gasteiger partial charge is 0.445 e. The van der Waals surface area contributed by atoms with E-state index in [1.807, 2.05) is 60.7 Å². The van der Waals surface area contributed by atoms with Crippen molar-refractivity contribution in [2.75, 3.05) is 24.5 Å². The predicted molar refractivity (Wildman–Crippen MR) is 175 cm³/mol. The summed E-state index contributed by atoms with van der Waals surface area (Å²) in [6.45, 7) is 2.92. The molecule has 3 aromatic carbocycles. The van der Waals surface area contributed by atoms with E-state index in [0.29, 0.717) is 17.7 Å². The topological polar surface area (TPSA) is 118 Å². The molecular formula is C37H43N3O7. The number of amides is 3. The molecule has 6 rings (SSSR count). The van der Waals surface area contributed by atoms with Crippen LogP contribution in [0.1, 0.15) is 79.6 Å². The van der Waals surface area contributed by atoms with Crippen molar-refractivity contribution >= 4 is 23.6 Å². The number of ether oxygens (including phenoxy) is 3. The number of likely N-dealkylation sites (tertiary alicyclic amines) is 1. The van der Waals surface area contributed by atoms with Gasteiger partial charge >= 0.3 is 6.09 Å². The maximum atomic E-state index is 13.4. The van der Waals surface area contributed by atoms with E-state index in [4.69, 9.17) is 14.2 Å². The molecule has 3 saturated heterocycles. The molecule has 0 spiro atoms. The molecule has 3 aromatic rings. The average molecular weight is 642 g/mol. The summed E-state index contributed by atoms with van der Waals surface area (Å²) >= 11 is 0. The average Bonchev–Trinajstić information content (AvgIpc) is 3.36. The van der Waals surface area contributed by atoms with Crippen LogP contribution >= 0.6 is 0 Å². The Kier molecular flexibility index (Phi) is 10.9. The van der Waals surface area contributed by atoms with E-state index in [-0.39, 0.29) is 31.8 Å². The fourth-order valence-corrected chi connectivity index (χ4v) is 6.55. The van der Waals surface area contributed by atoms with Crippen LogP contribution in [-0.2, 0) is 37.0 Å². The van der Waals surface area contributed by atoms with Crippen LogP contribution in [-0.4, -0.2) is 59.7 Å². The van der Waals surface area contributed by atoms with Crippen molar-refractivity contribution in [1.29, 1.82) is 0 Å². The highest BCUT2D eigenvalue weighted by molar-refractivity contribution is 6.22. The van der Waals surface area contributed by atoms with E-state index in [2.05, 4.69) is 10.2 Å². The van der Waals surface area contributed by atoms with Crippen LogP contribution in [0, 0.1) is 0 Å². The Labute approximate surface area is 275 Å². The molecule has 0 aliphatic carbocycles. The van der Waals surface area contributed by atoms with Gasteiger partial charge in [0.05, 0.1) is 30.9 Å². The molecule has 2 N–H and O–H groups in total. The molecule has 0 bridgehead atoms. The molecule has 3 heterocycles. The minimum Gasteiger partial charge on any atom is -0.445 e. The zero-order valence-corrected chi connectivity index (χ0v) is 26.6. The Bertz CT molecular complexity index is 1510. The van der Waals surface area contributed by atoms with Crippen LogP contribution in [0.2, 0.25) is 0 Å². The van der Waals surface area contributed by atoms with E-state index in [0.717, 1.165) is 41.2 Å². The van der Waals surface area contributed by atoms with Crippen molar-refractivity contribution in [3.63, 3.8) is 0 Å². The number of imide groups is 1. The number of nitrogens with zero attached hydrogens (tertiary/aromatic N) is 2. The lowest BCUT2D eigenvalue weighted by molar-refractivity contribution is -0.253. The van der Waals surface area contributed by atoms with Crippen LogP contribution in [0.25, 0.3) is 0 Å². The SMILES string of the molecule is O=C(NC1CC(=O)N(c2cccc(C3OC(CN4CCCCCCC4)CC(c4ccc(CO)cc4)O3)c2)C1=O)OCc1ccccc1. The predicted octanol–water partition coefficient (Wildman–Crippen LogP) is 5.55. The Morgan fingerprint density at radius 2 is 1.60 bits per heavy atom. The first kappa shape index (κ1) is 32.8. The number of anilines is 1. The van der Waals surface area contributed by atoms with E-state index in [9.17, 15) is 19.5 Å². The number of nitrogens with one attached hydrogen (secondary N) is 1. The third-order valence-corrected chi connectivity index (χ3v) is 9.08. The number of hydrogen-bond donors (Lipinski definition) is 2. The highest BCUT2D eigenvalue weighted by Gasteiger charge is 2.41. The van der Waals surface area contributed by atoms with Crippen LogP contribution in [0.5, 0.6) is 0 Å². The molecule has 0 aromatic heterocycles. The van der Waals surface area contributed by atoms with Gasteiger partial charge < -0.3 is 29.5 Å². The third kappa shape index (κ3) is 8.44. The summed E-state index contributed by atoms with van der Waals surface area (Å²) in [5.74, 6) is -0.936. The van der Waals surface area contributed by atoms with Crippen LogP contribution in [0.4, 0.5) is 10.5 Å². The quantitative estimate of drug-likeness (QED) is 0.292. The van der Waals surface area contributed by atoms with Gasteiger partial charge in [0.2, 0.25) is 5.91 Å². The minimum absolute atomic E-state index is 0.0267. The van der Waals surface area contributed by atoms with E-state index >= 15 is 0 Å². The smallest absolute Gasteiger partial charge is 0.408 e. The Morgan fingerprint density at radius 1 is 0.851 bits per heavy atom. The highest BCUT2D eigenvalue weighted by atomic mass is 16.7. The van der Waals surface area contributed by atoms with Gasteiger partial charge in [0.25, 0.3) is 5.91 Å². The maximum absolute atomic E-state index is 13.4. The number of aliphatic hydroxyl groups is 1. The number of carbonyl (C=O) groups excluding carboxylic acids is 3. The summed E-state index contributed by atoms with van der Waals surface area (Å²) in [6.07, 6.45) is 4.86. The number of benzene rings is 3. The van der Waals surface area contributed by atoms with Crippen molar-refractivity contribution in [3.8, 4) is 0 Å². The van der Waals surface area contributed by atoms with Gasteiger partial charge in [-0.15, -0.1) is 0 Å². The van der Waals surface area contributed by atoms with Crippen molar-refractivity contribution in [2.24, 2.45) is 0 Å². The summed E-state index contributed by atoms with van der Waals surface area (Å²) in [5, 5.41) is 12.1. The standard InChI is InChI=1S/C37H43N3O7/c41-24-26-14-16-28(17-15-26)33-21-31(23-39-18-7-2-1-3-8-19-39)46-36(47-33)29-12-9-13-30(20-29)40-34(42)22-32(35(40)43)38-37(44)45-25-27-10-5-4-6-11-27/h4-6,9-17,20,31-33,36,41H,1-3,7-8,18-19,21-25H2,(H,38,44). The molecular weight excluding hydrogens is 598 g/mol. The van der Waals surface area contributed by atoms with Gasteiger partial charge in [-0.25, -0.2) is 9.69 Å². The number of hydrogen-bond acceptors (Lipinski definition) is 8. The Morgan fingerprint density at radius 3 is 2.34 bits per heavy atom. The van der Waals surface area contributed by atoms with Gasteiger partial charge in [0.15, 0.2) is 6.29 Å². The van der Waals surface area contributed by atoms with Crippen LogP contribution in [0.15, 0.2) is 78.9 Å². The molecule has 10 nitrogen and oxygen atoms in total. The normalized spacial score (nSPS) is 24.1. The second-order valence-corrected chi connectivity index (χ2v) is 12.5. The Balaban J connectivity index is 1.16. The molecule has 47 heavy (non-hydrogen) atoms. The molecule has 248 valence electrons. The van der Waals surface area contributed by atoms with Gasteiger partial charge in [-0.2, -0.15) is 0 Å². The summed E-state index contributed by atoms with van der Waals surface area (Å²) in [7, 11) is 0. The first-order valence-corrected chi connectivity index (χ1v) is 16.6. The Hall–Kier alpha value is -4.09. The van der Waals surface area contributed by atoms with Gasteiger partial charge in [-0.1, -0.05) is 86.0 Å². The summed E-state index contributed by atoms with van der Waals surface area (Å²) in [6, 6.07) is 23.1. The zero-order valence-electron chi connectivity index (χ0n) is 26.6. The number of rotatable bonds is 9. The summed E-state index contributed by atoms with van der Waals surface area (Å²) in [5.41, 5.74) is 3.73. The fourth-order valence-electron chi connectivity index (χ4n) is 6.55. The second-order valence-electron chi connectivity index (χ2n) is 12.5. The summed E-state index contributed by atoms with van der Waals surface area (Å²) in [4.78, 5) is 42.5. The van der Waals surface area contributed by atoms with Crippen molar-refractivity contribution < 1.29 is 33.7 Å². The zero-order chi connectivity index (χ0) is 32.6. The van der Waals surface area contributed by atoms with Gasteiger partial charge in [0.1, 0.15) is 12.6 Å². The number of alkyl carbamates (subject to hydrolysis) is 1. The van der Waals surface area contributed by atoms with Crippen molar-refractivity contribution in [2.45, 2.75) is 82.7 Å². The fraction of sp³-hybridized carbons (Fsp3) is 0.432. The third-order valence-electron chi connectivity index (χ3n) is 9.08. The van der Waals surface area contributed by atoms with Gasteiger partial charge in [-0.05, 0) is 54.8 Å². The van der Waals surface area contributed by atoms with Crippen molar-refractivity contribution in [1.82, 2.24) is 10.2 Å². The molecule has 10 heteroatoms. The van der Waals surface area contributed by atoms with Crippen molar-refractivity contribution in [3.05, 3.63) is 101 Å². The first-order chi connectivity index (χ1) is 23.0. The molecule has 3 aliphatic rings. The molecule has 0 radical (unpaired) electrons. The van der Waals surface area contributed by atoms with Crippen LogP contribution < -0.4 is 10.2 Å². The molecule has 3 amide bonds. The molecule has 3 aliphatic heterocycles. The lowest BCUT2D eigenvalue weighted by atomic mass is 9.99. The lowest BCUT2D eigenvalue weighted by Crippen LogP contribution is -2.42. The van der Waals surface area contributed by atoms with Crippen LogP contribution in [0.3, 0.4) is 0 Å². The highest BCUT2D eigenvalue weighted by Crippen LogP contribution is 2.39. The minimum atomic E-state index is -1.02. The van der Waals surface area contributed by atoms with Gasteiger partial charge in [0, 0.05) is 18.5 Å². The number of aliphatic hydroxyl groups excluding tert-OH is 1. The lowest BCUT2D eigenvalue weighted by Gasteiger charge is -2.39. The van der Waals surface area contributed by atoms with Gasteiger partial charge in [-0.3, -0.25) is 9.59 Å². The van der Waals surface area contributed by atoms with E-state index < -0.39 is 30.2 Å². The first-order valence-electron chi connectivity index (χ1n) is 16.6. The summed E-state index contributed by atoms with van der Waals surface area (Å²) < 4.78 is 18.4. The molecule has 4 atom stereocenters. The maximum Gasteiger partial charge on any atom is 0.408 e. The van der Waals surface area contributed by atoms with E-state index in [1.165, 1.54) is 32.1 Å².